The summed E-state index contributed by atoms with van der Waals surface area (Å²) >= 11 is 7.54. The Labute approximate surface area is 113 Å². The van der Waals surface area contributed by atoms with Crippen LogP contribution >= 0.6 is 22.9 Å². The van der Waals surface area contributed by atoms with Gasteiger partial charge in [0.2, 0.25) is 0 Å². The first-order valence-electron chi connectivity index (χ1n) is 5.49. The maximum atomic E-state index is 5.89. The highest BCUT2D eigenvalue weighted by Crippen LogP contribution is 2.22. The van der Waals surface area contributed by atoms with Crippen LogP contribution in [0.15, 0.2) is 34.2 Å². The summed E-state index contributed by atoms with van der Waals surface area (Å²) in [7, 11) is 0. The molecule has 0 saturated heterocycles. The van der Waals surface area contributed by atoms with Gasteiger partial charge in [-0.1, -0.05) is 11.6 Å². The number of nitrogens with one attached hydrogen (secondary N) is 1. The molecule has 0 fully saturated rings. The van der Waals surface area contributed by atoms with Crippen molar-refractivity contribution < 1.29 is 4.42 Å². The highest BCUT2D eigenvalue weighted by atomic mass is 35.5. The average molecular weight is 280 g/mol. The molecule has 0 aliphatic heterocycles. The summed E-state index contributed by atoms with van der Waals surface area (Å²) in [4.78, 5) is 8.52. The molecule has 6 heteroatoms. The number of halogens is 1. The van der Waals surface area contributed by atoms with Crippen molar-refractivity contribution in [1.29, 1.82) is 0 Å². The minimum absolute atomic E-state index is 0.517. The van der Waals surface area contributed by atoms with Gasteiger partial charge in [0, 0.05) is 29.6 Å². The van der Waals surface area contributed by atoms with E-state index in [-0.39, 0.29) is 0 Å². The van der Waals surface area contributed by atoms with E-state index in [0.29, 0.717) is 11.0 Å². The van der Waals surface area contributed by atoms with Crippen LogP contribution in [0.1, 0.15) is 5.01 Å². The number of hydrogen-bond acceptors (Lipinski definition) is 5. The fourth-order valence-corrected chi connectivity index (χ4v) is 2.42. The zero-order valence-electron chi connectivity index (χ0n) is 9.39. The number of nitrogens with zero attached hydrogens (tertiary/aromatic N) is 2. The van der Waals surface area contributed by atoms with Gasteiger partial charge in [-0.15, -0.1) is 11.3 Å². The van der Waals surface area contributed by atoms with Gasteiger partial charge in [-0.3, -0.25) is 0 Å². The third-order valence-electron chi connectivity index (χ3n) is 2.45. The zero-order chi connectivity index (χ0) is 12.4. The number of benzene rings is 1. The largest absolute Gasteiger partial charge is 0.424 e. The number of oxazole rings is 1. The number of aromatic nitrogens is 2. The van der Waals surface area contributed by atoms with E-state index in [1.165, 1.54) is 0 Å². The molecule has 2 heterocycles. The Morgan fingerprint density at radius 1 is 1.39 bits per heavy atom. The third kappa shape index (κ3) is 2.47. The molecule has 0 spiro atoms. The summed E-state index contributed by atoms with van der Waals surface area (Å²) in [5, 5.41) is 6.86. The fraction of sp³-hybridized carbons (Fsp3) is 0.167. The second kappa shape index (κ2) is 4.96. The van der Waals surface area contributed by atoms with Gasteiger partial charge < -0.3 is 9.73 Å². The van der Waals surface area contributed by atoms with Gasteiger partial charge in [0.15, 0.2) is 5.58 Å². The van der Waals surface area contributed by atoms with Crippen LogP contribution in [0.5, 0.6) is 0 Å². The zero-order valence-corrected chi connectivity index (χ0v) is 11.0. The quantitative estimate of drug-likeness (QED) is 0.793. The van der Waals surface area contributed by atoms with Crippen molar-refractivity contribution in [3.8, 4) is 0 Å². The highest BCUT2D eigenvalue weighted by Gasteiger charge is 2.05. The second-order valence-electron chi connectivity index (χ2n) is 3.73. The van der Waals surface area contributed by atoms with E-state index in [1.54, 1.807) is 29.7 Å². The summed E-state index contributed by atoms with van der Waals surface area (Å²) < 4.78 is 5.54. The molecule has 0 saturated carbocycles. The van der Waals surface area contributed by atoms with E-state index in [0.717, 1.165) is 29.1 Å². The Morgan fingerprint density at radius 2 is 2.33 bits per heavy atom. The van der Waals surface area contributed by atoms with Gasteiger partial charge in [-0.2, -0.15) is 4.98 Å². The first-order valence-corrected chi connectivity index (χ1v) is 6.75. The van der Waals surface area contributed by atoms with Crippen LogP contribution in [0.2, 0.25) is 5.02 Å². The third-order valence-corrected chi connectivity index (χ3v) is 3.52. The Bertz CT molecular complexity index is 650. The molecule has 4 nitrogen and oxygen atoms in total. The molecule has 3 rings (SSSR count). The normalized spacial score (nSPS) is 10.9. The number of hydrogen-bond donors (Lipinski definition) is 1. The van der Waals surface area contributed by atoms with E-state index in [4.69, 9.17) is 16.0 Å². The number of anilines is 1. The minimum atomic E-state index is 0.517. The number of thiazole rings is 1. The van der Waals surface area contributed by atoms with E-state index < -0.39 is 0 Å². The van der Waals surface area contributed by atoms with Crippen LogP contribution in [-0.4, -0.2) is 16.5 Å². The van der Waals surface area contributed by atoms with Crippen molar-refractivity contribution >= 4 is 40.1 Å². The van der Waals surface area contributed by atoms with Gasteiger partial charge >= 0.3 is 0 Å². The summed E-state index contributed by atoms with van der Waals surface area (Å²) in [5.74, 6) is 0. The van der Waals surface area contributed by atoms with E-state index in [1.807, 2.05) is 11.4 Å². The Hall–Kier alpha value is -1.59. The van der Waals surface area contributed by atoms with Crippen molar-refractivity contribution in [3.63, 3.8) is 0 Å². The Morgan fingerprint density at radius 3 is 3.17 bits per heavy atom. The monoisotopic (exact) mass is 279 g/mol. The standard InChI is InChI=1S/C12H10ClN3OS/c13-8-1-2-10-9(7-8)16-12(17-10)15-4-3-11-14-5-6-18-11/h1-2,5-7H,3-4H2,(H,15,16). The predicted octanol–water partition coefficient (Wildman–Crippen LogP) is 3.59. The molecule has 1 N–H and O–H groups in total. The molecule has 0 aliphatic carbocycles. The van der Waals surface area contributed by atoms with Crippen molar-refractivity contribution in [3.05, 3.63) is 39.8 Å². The van der Waals surface area contributed by atoms with Gasteiger partial charge in [0.25, 0.3) is 6.01 Å². The SMILES string of the molecule is Clc1ccc2oc(NCCc3nccs3)nc2c1. The lowest BCUT2D eigenvalue weighted by molar-refractivity contribution is 0.614. The summed E-state index contributed by atoms with van der Waals surface area (Å²) in [6.07, 6.45) is 2.67. The Balaban J connectivity index is 1.67. The summed E-state index contributed by atoms with van der Waals surface area (Å²) in [6, 6.07) is 5.90. The maximum Gasteiger partial charge on any atom is 0.295 e. The van der Waals surface area contributed by atoms with Crippen molar-refractivity contribution in [2.75, 3.05) is 11.9 Å². The molecule has 0 atom stereocenters. The van der Waals surface area contributed by atoms with Gasteiger partial charge in [0.1, 0.15) is 5.52 Å². The fourth-order valence-electron chi connectivity index (χ4n) is 1.63. The highest BCUT2D eigenvalue weighted by molar-refractivity contribution is 7.09. The number of fused-ring (bicyclic) bond motifs is 1. The molecule has 0 amide bonds. The first-order chi connectivity index (χ1) is 8.81. The molecule has 0 aliphatic rings. The molecule has 3 aromatic rings. The molecule has 1 aromatic carbocycles. The van der Waals surface area contributed by atoms with Crippen LogP contribution in [0.4, 0.5) is 6.01 Å². The van der Waals surface area contributed by atoms with E-state index in [9.17, 15) is 0 Å². The Kier molecular flexibility index (Phi) is 3.17. The van der Waals surface area contributed by atoms with Crippen LogP contribution in [0.25, 0.3) is 11.1 Å². The first kappa shape index (κ1) is 11.5. The average Bonchev–Trinajstić information content (AvgIpc) is 2.97. The van der Waals surface area contributed by atoms with Crippen LogP contribution in [-0.2, 0) is 6.42 Å². The molecule has 0 radical (unpaired) electrons. The number of rotatable bonds is 4. The second-order valence-corrected chi connectivity index (χ2v) is 5.15. The van der Waals surface area contributed by atoms with Crippen LogP contribution in [0, 0.1) is 0 Å². The van der Waals surface area contributed by atoms with Gasteiger partial charge in [-0.25, -0.2) is 4.98 Å². The summed E-state index contributed by atoms with van der Waals surface area (Å²) in [5.41, 5.74) is 1.50. The molecule has 0 unspecified atom stereocenters. The van der Waals surface area contributed by atoms with Crippen LogP contribution in [0.3, 0.4) is 0 Å². The molecule has 0 bridgehead atoms. The van der Waals surface area contributed by atoms with Gasteiger partial charge in [-0.05, 0) is 18.2 Å². The molecular formula is C12H10ClN3OS. The van der Waals surface area contributed by atoms with Gasteiger partial charge in [0.05, 0.1) is 5.01 Å². The maximum absolute atomic E-state index is 5.89. The smallest absolute Gasteiger partial charge is 0.295 e. The van der Waals surface area contributed by atoms with Crippen molar-refractivity contribution in [1.82, 2.24) is 9.97 Å². The lowest BCUT2D eigenvalue weighted by Gasteiger charge is -1.97. The molecule has 2 aromatic heterocycles. The van der Waals surface area contributed by atoms with E-state index in [2.05, 4.69) is 15.3 Å². The van der Waals surface area contributed by atoms with E-state index >= 15 is 0 Å². The molecule has 18 heavy (non-hydrogen) atoms. The van der Waals surface area contributed by atoms with Crippen LogP contribution < -0.4 is 5.32 Å². The lowest BCUT2D eigenvalue weighted by atomic mass is 10.3. The predicted molar refractivity (Wildman–Crippen MR) is 73.3 cm³/mol. The topological polar surface area (TPSA) is 51.0 Å². The molecule has 92 valence electrons. The summed E-state index contributed by atoms with van der Waals surface area (Å²) in [6.45, 7) is 0.744. The van der Waals surface area contributed by atoms with Crippen molar-refractivity contribution in [2.45, 2.75) is 6.42 Å². The van der Waals surface area contributed by atoms with Crippen molar-refractivity contribution in [2.24, 2.45) is 0 Å². The lowest BCUT2D eigenvalue weighted by Crippen LogP contribution is -2.04. The molecular weight excluding hydrogens is 270 g/mol. The minimum Gasteiger partial charge on any atom is -0.424 e.